The first-order valence-corrected chi connectivity index (χ1v) is 4.81. The number of nitrogens with two attached hydrogens (primary N) is 1. The lowest BCUT2D eigenvalue weighted by Crippen LogP contribution is -2.09. The van der Waals surface area contributed by atoms with Crippen LogP contribution < -0.4 is 5.73 Å². The van der Waals surface area contributed by atoms with Gasteiger partial charge in [0.05, 0.1) is 6.61 Å². The predicted octanol–water partition coefficient (Wildman–Crippen LogP) is 0.244. The van der Waals surface area contributed by atoms with Crippen molar-refractivity contribution in [3.8, 4) is 0 Å². The summed E-state index contributed by atoms with van der Waals surface area (Å²) in [4.78, 5) is 11.5. The SMILES string of the molecule is NCCC(=O)c1cccc(C(O)CO)c1. The third kappa shape index (κ3) is 3.13. The van der Waals surface area contributed by atoms with Gasteiger partial charge in [0, 0.05) is 12.0 Å². The minimum absolute atomic E-state index is 0.0514. The number of Topliss-reactive ketones (excluding diaryl/α,β-unsaturated/α-hetero) is 1. The number of hydrogen-bond acceptors (Lipinski definition) is 4. The van der Waals surface area contributed by atoms with Crippen LogP contribution in [-0.2, 0) is 0 Å². The average molecular weight is 209 g/mol. The first-order valence-electron chi connectivity index (χ1n) is 4.81. The van der Waals surface area contributed by atoms with Crippen LogP contribution in [0.3, 0.4) is 0 Å². The molecule has 4 heteroatoms. The zero-order valence-electron chi connectivity index (χ0n) is 8.39. The fourth-order valence-corrected chi connectivity index (χ4v) is 1.30. The second kappa shape index (κ2) is 5.60. The van der Waals surface area contributed by atoms with Crippen LogP contribution in [0.2, 0.25) is 0 Å². The van der Waals surface area contributed by atoms with Gasteiger partial charge in [-0.1, -0.05) is 18.2 Å². The van der Waals surface area contributed by atoms with Gasteiger partial charge in [0.15, 0.2) is 5.78 Å². The van der Waals surface area contributed by atoms with Crippen molar-refractivity contribution < 1.29 is 15.0 Å². The van der Waals surface area contributed by atoms with E-state index in [-0.39, 0.29) is 12.4 Å². The van der Waals surface area contributed by atoms with Crippen molar-refractivity contribution in [2.24, 2.45) is 5.73 Å². The Morgan fingerprint density at radius 1 is 1.47 bits per heavy atom. The Balaban J connectivity index is 2.87. The van der Waals surface area contributed by atoms with Gasteiger partial charge in [-0.2, -0.15) is 0 Å². The maximum atomic E-state index is 11.5. The van der Waals surface area contributed by atoms with E-state index in [1.165, 1.54) is 0 Å². The molecule has 0 aliphatic carbocycles. The van der Waals surface area contributed by atoms with Crippen molar-refractivity contribution in [3.63, 3.8) is 0 Å². The highest BCUT2D eigenvalue weighted by Crippen LogP contribution is 2.14. The molecular formula is C11H15NO3. The maximum Gasteiger partial charge on any atom is 0.164 e. The van der Waals surface area contributed by atoms with E-state index in [1.807, 2.05) is 0 Å². The van der Waals surface area contributed by atoms with Gasteiger partial charge in [-0.3, -0.25) is 4.79 Å². The Labute approximate surface area is 88.3 Å². The fourth-order valence-electron chi connectivity index (χ4n) is 1.30. The number of ketones is 1. The summed E-state index contributed by atoms with van der Waals surface area (Å²) in [6.45, 7) is -0.0415. The Kier molecular flexibility index (Phi) is 4.42. The molecule has 1 unspecified atom stereocenters. The number of carbonyl (C=O) groups is 1. The minimum atomic E-state index is -0.935. The second-order valence-corrected chi connectivity index (χ2v) is 3.29. The lowest BCUT2D eigenvalue weighted by atomic mass is 10.0. The van der Waals surface area contributed by atoms with Crippen LogP contribution in [0.5, 0.6) is 0 Å². The lowest BCUT2D eigenvalue weighted by molar-refractivity contribution is 0.0947. The van der Waals surface area contributed by atoms with Gasteiger partial charge in [-0.15, -0.1) is 0 Å². The summed E-state index contributed by atoms with van der Waals surface area (Å²) < 4.78 is 0. The van der Waals surface area contributed by atoms with Gasteiger partial charge in [0.2, 0.25) is 0 Å². The monoisotopic (exact) mass is 209 g/mol. The summed E-state index contributed by atoms with van der Waals surface area (Å²) in [6.07, 6.45) is -0.644. The molecule has 0 saturated carbocycles. The largest absolute Gasteiger partial charge is 0.393 e. The normalized spacial score (nSPS) is 12.5. The zero-order chi connectivity index (χ0) is 11.3. The molecule has 82 valence electrons. The van der Waals surface area contributed by atoms with Crippen molar-refractivity contribution >= 4 is 5.78 Å². The number of aliphatic hydroxyl groups excluding tert-OH is 2. The Bertz CT molecular complexity index is 338. The molecule has 1 atom stereocenters. The first-order chi connectivity index (χ1) is 7.19. The number of hydrogen-bond donors (Lipinski definition) is 3. The van der Waals surface area contributed by atoms with E-state index in [0.29, 0.717) is 24.1 Å². The number of benzene rings is 1. The van der Waals surface area contributed by atoms with Gasteiger partial charge >= 0.3 is 0 Å². The van der Waals surface area contributed by atoms with E-state index >= 15 is 0 Å². The predicted molar refractivity (Wildman–Crippen MR) is 56.5 cm³/mol. The highest BCUT2D eigenvalue weighted by Gasteiger charge is 2.09. The van der Waals surface area contributed by atoms with Crippen LogP contribution in [0.4, 0.5) is 0 Å². The molecule has 0 saturated heterocycles. The second-order valence-electron chi connectivity index (χ2n) is 3.29. The molecular weight excluding hydrogens is 194 g/mol. The van der Waals surface area contributed by atoms with Gasteiger partial charge in [-0.25, -0.2) is 0 Å². The fraction of sp³-hybridized carbons (Fsp3) is 0.364. The molecule has 4 nitrogen and oxygen atoms in total. The molecule has 15 heavy (non-hydrogen) atoms. The Morgan fingerprint density at radius 2 is 2.20 bits per heavy atom. The van der Waals surface area contributed by atoms with Gasteiger partial charge < -0.3 is 15.9 Å². The molecule has 0 aliphatic rings. The standard InChI is InChI=1S/C11H15NO3/c12-5-4-10(14)8-2-1-3-9(6-8)11(15)7-13/h1-3,6,11,13,15H,4-5,7,12H2. The van der Waals surface area contributed by atoms with E-state index in [0.717, 1.165) is 0 Å². The molecule has 4 N–H and O–H groups in total. The van der Waals surface area contributed by atoms with E-state index < -0.39 is 6.10 Å². The van der Waals surface area contributed by atoms with Crippen molar-refractivity contribution in [2.45, 2.75) is 12.5 Å². The molecule has 0 radical (unpaired) electrons. The summed E-state index contributed by atoms with van der Waals surface area (Å²) >= 11 is 0. The van der Waals surface area contributed by atoms with Gasteiger partial charge in [0.25, 0.3) is 0 Å². The third-order valence-corrected chi connectivity index (χ3v) is 2.14. The van der Waals surface area contributed by atoms with Crippen molar-refractivity contribution in [2.75, 3.05) is 13.2 Å². The van der Waals surface area contributed by atoms with Gasteiger partial charge in [-0.05, 0) is 18.2 Å². The van der Waals surface area contributed by atoms with Gasteiger partial charge in [0.1, 0.15) is 6.10 Å². The summed E-state index contributed by atoms with van der Waals surface area (Å²) in [5.41, 5.74) is 6.34. The molecule has 1 aromatic rings. The van der Waals surface area contributed by atoms with Crippen LogP contribution >= 0.6 is 0 Å². The number of carbonyl (C=O) groups excluding carboxylic acids is 1. The van der Waals surface area contributed by atoms with Crippen LogP contribution in [0.25, 0.3) is 0 Å². The van der Waals surface area contributed by atoms with E-state index in [9.17, 15) is 9.90 Å². The minimum Gasteiger partial charge on any atom is -0.393 e. The number of rotatable bonds is 5. The molecule has 0 amide bonds. The van der Waals surface area contributed by atoms with Crippen LogP contribution in [0.15, 0.2) is 24.3 Å². The molecule has 0 aliphatic heterocycles. The zero-order valence-corrected chi connectivity index (χ0v) is 8.39. The molecule has 0 fully saturated rings. The summed E-state index contributed by atoms with van der Waals surface area (Å²) in [5.74, 6) is -0.0514. The smallest absolute Gasteiger partial charge is 0.164 e. The third-order valence-electron chi connectivity index (χ3n) is 2.14. The Hall–Kier alpha value is -1.23. The molecule has 1 rings (SSSR count). The summed E-state index contributed by atoms with van der Waals surface area (Å²) in [6, 6.07) is 6.60. The lowest BCUT2D eigenvalue weighted by Gasteiger charge is -2.08. The van der Waals surface area contributed by atoms with Crippen LogP contribution in [0, 0.1) is 0 Å². The van der Waals surface area contributed by atoms with Crippen LogP contribution in [-0.4, -0.2) is 29.1 Å². The highest BCUT2D eigenvalue weighted by atomic mass is 16.3. The Morgan fingerprint density at radius 3 is 2.80 bits per heavy atom. The van der Waals surface area contributed by atoms with E-state index in [4.69, 9.17) is 10.8 Å². The summed E-state index contributed by atoms with van der Waals surface area (Å²) in [5, 5.41) is 18.1. The summed E-state index contributed by atoms with van der Waals surface area (Å²) in [7, 11) is 0. The topological polar surface area (TPSA) is 83.6 Å². The van der Waals surface area contributed by atoms with Crippen LogP contribution in [0.1, 0.15) is 28.4 Å². The molecule has 0 heterocycles. The first kappa shape index (κ1) is 11.8. The quantitative estimate of drug-likeness (QED) is 0.607. The molecule has 1 aromatic carbocycles. The van der Waals surface area contributed by atoms with Crippen molar-refractivity contribution in [1.29, 1.82) is 0 Å². The van der Waals surface area contributed by atoms with Crippen molar-refractivity contribution in [3.05, 3.63) is 35.4 Å². The number of aliphatic hydroxyl groups is 2. The average Bonchev–Trinajstić information content (AvgIpc) is 2.28. The molecule has 0 bridgehead atoms. The van der Waals surface area contributed by atoms with Crippen molar-refractivity contribution in [1.82, 2.24) is 0 Å². The molecule has 0 spiro atoms. The highest BCUT2D eigenvalue weighted by molar-refractivity contribution is 5.96. The van der Waals surface area contributed by atoms with E-state index in [2.05, 4.69) is 0 Å². The maximum absolute atomic E-state index is 11.5. The molecule has 0 aromatic heterocycles. The van der Waals surface area contributed by atoms with E-state index in [1.54, 1.807) is 24.3 Å².